The number of nitrogens with zero attached hydrogens (tertiary/aromatic N) is 2. The van der Waals surface area contributed by atoms with Crippen LogP contribution < -0.4 is 5.32 Å². The zero-order chi connectivity index (χ0) is 18.8. The molecule has 2 rings (SSSR count). The van der Waals surface area contributed by atoms with Crippen molar-refractivity contribution in [3.63, 3.8) is 0 Å². The van der Waals surface area contributed by atoms with Crippen LogP contribution in [0.15, 0.2) is 30.3 Å². The first-order valence-electron chi connectivity index (χ1n) is 9.02. The van der Waals surface area contributed by atoms with Crippen molar-refractivity contribution in [3.05, 3.63) is 35.9 Å². The lowest BCUT2D eigenvalue weighted by molar-refractivity contribution is -0.152. The highest BCUT2D eigenvalue weighted by molar-refractivity contribution is 5.84. The van der Waals surface area contributed by atoms with Gasteiger partial charge in [-0.2, -0.15) is 0 Å². The normalized spacial score (nSPS) is 19.8. The monoisotopic (exact) mass is 347 g/mol. The van der Waals surface area contributed by atoms with Crippen LogP contribution in [0.1, 0.15) is 59.6 Å². The van der Waals surface area contributed by atoms with Crippen molar-refractivity contribution in [2.24, 2.45) is 0 Å². The molecule has 1 atom stereocenters. The summed E-state index contributed by atoms with van der Waals surface area (Å²) in [5.41, 5.74) is 0.471. The fourth-order valence-electron chi connectivity index (χ4n) is 3.28. The number of aliphatic hydroxyl groups is 1. The van der Waals surface area contributed by atoms with Crippen molar-refractivity contribution in [1.82, 2.24) is 15.1 Å². The molecule has 1 aromatic rings. The fraction of sp³-hybridized carbons (Fsp3) is 0.650. The number of aliphatic hydroxyl groups excluding tert-OH is 1. The van der Waals surface area contributed by atoms with Crippen LogP contribution in [0.3, 0.4) is 0 Å². The molecule has 140 valence electrons. The summed E-state index contributed by atoms with van der Waals surface area (Å²) >= 11 is 0. The topological polar surface area (TPSA) is 55.8 Å². The molecule has 1 heterocycles. The van der Waals surface area contributed by atoms with E-state index in [0.717, 1.165) is 5.56 Å². The van der Waals surface area contributed by atoms with Crippen LogP contribution in [0.4, 0.5) is 0 Å². The second-order valence-corrected chi connectivity index (χ2v) is 8.82. The number of ketones is 1. The highest BCUT2D eigenvalue weighted by atomic mass is 16.3. The number of nitrogens with one attached hydrogen (secondary N) is 1. The summed E-state index contributed by atoms with van der Waals surface area (Å²) in [4.78, 5) is 17.6. The van der Waals surface area contributed by atoms with Crippen molar-refractivity contribution < 1.29 is 9.90 Å². The molecule has 0 aromatic heterocycles. The summed E-state index contributed by atoms with van der Waals surface area (Å²) in [6.07, 6.45) is -1.000. The van der Waals surface area contributed by atoms with Gasteiger partial charge < -0.3 is 5.11 Å². The molecule has 5 nitrogen and oxygen atoms in total. The van der Waals surface area contributed by atoms with E-state index in [1.54, 1.807) is 0 Å². The van der Waals surface area contributed by atoms with Gasteiger partial charge in [-0.3, -0.25) is 19.9 Å². The lowest BCUT2D eigenvalue weighted by Crippen LogP contribution is -2.70. The van der Waals surface area contributed by atoms with Crippen molar-refractivity contribution in [2.75, 3.05) is 13.3 Å². The van der Waals surface area contributed by atoms with E-state index in [1.165, 1.54) is 0 Å². The fourth-order valence-corrected chi connectivity index (χ4v) is 3.28. The van der Waals surface area contributed by atoms with Crippen LogP contribution in [0.5, 0.6) is 0 Å². The number of hydrogen-bond acceptors (Lipinski definition) is 5. The Bertz CT molecular complexity index is 553. The molecule has 0 radical (unpaired) electrons. The number of carbonyl (C=O) groups excluding carboxylic acids is 1. The minimum Gasteiger partial charge on any atom is -0.388 e. The molecule has 1 aromatic carbocycles. The Balaban J connectivity index is 2.26. The number of hydrogen-bond donors (Lipinski definition) is 2. The highest BCUT2D eigenvalue weighted by Crippen LogP contribution is 2.29. The second-order valence-electron chi connectivity index (χ2n) is 8.82. The Morgan fingerprint density at radius 2 is 1.56 bits per heavy atom. The van der Waals surface area contributed by atoms with E-state index in [0.29, 0.717) is 13.3 Å². The van der Waals surface area contributed by atoms with Gasteiger partial charge in [0.15, 0.2) is 5.78 Å². The van der Waals surface area contributed by atoms with E-state index in [4.69, 9.17) is 0 Å². The molecule has 1 unspecified atom stereocenters. The van der Waals surface area contributed by atoms with Gasteiger partial charge in [-0.25, -0.2) is 0 Å². The Hall–Kier alpha value is -1.27. The van der Waals surface area contributed by atoms with Crippen LogP contribution in [0.25, 0.3) is 0 Å². The lowest BCUT2D eigenvalue weighted by atomic mass is 9.95. The molecule has 1 aliphatic heterocycles. The van der Waals surface area contributed by atoms with Crippen LogP contribution >= 0.6 is 0 Å². The molecule has 2 N–H and O–H groups in total. The summed E-state index contributed by atoms with van der Waals surface area (Å²) in [5.74, 6) is 0.0581. The standard InChI is InChI=1S/C20H33N3O2/c1-19(2,3)22-13-21-14-23(20(4,5)6)18(22)17(25)12-16(24)15-10-8-7-9-11-15/h7-11,16,18,21,24H,12-14H2,1-6H3. The summed E-state index contributed by atoms with van der Waals surface area (Å²) < 4.78 is 0. The molecule has 0 spiro atoms. The van der Waals surface area contributed by atoms with Gasteiger partial charge in [0, 0.05) is 17.5 Å². The Morgan fingerprint density at radius 3 is 2.00 bits per heavy atom. The molecule has 0 saturated carbocycles. The van der Waals surface area contributed by atoms with Crippen LogP contribution in [-0.2, 0) is 4.79 Å². The van der Waals surface area contributed by atoms with Crippen LogP contribution in [-0.4, -0.2) is 51.3 Å². The molecular formula is C20H33N3O2. The maximum atomic E-state index is 13.2. The Labute approximate surface area is 152 Å². The van der Waals surface area contributed by atoms with Crippen LogP contribution in [0, 0.1) is 0 Å². The first kappa shape index (κ1) is 20.0. The predicted molar refractivity (Wildman–Crippen MR) is 101 cm³/mol. The SMILES string of the molecule is CC(C)(C)N1CNCN(C(C)(C)C)C1C(=O)CC(O)c1ccccc1. The van der Waals surface area contributed by atoms with Gasteiger partial charge in [0.25, 0.3) is 0 Å². The van der Waals surface area contributed by atoms with Gasteiger partial charge in [-0.15, -0.1) is 0 Å². The molecule has 0 amide bonds. The maximum absolute atomic E-state index is 13.2. The zero-order valence-corrected chi connectivity index (χ0v) is 16.4. The molecule has 1 aliphatic rings. The Kier molecular flexibility index (Phi) is 6.05. The quantitative estimate of drug-likeness (QED) is 0.877. The lowest BCUT2D eigenvalue weighted by Gasteiger charge is -2.53. The van der Waals surface area contributed by atoms with Gasteiger partial charge in [-0.05, 0) is 47.1 Å². The summed E-state index contributed by atoms with van der Waals surface area (Å²) in [7, 11) is 0. The summed E-state index contributed by atoms with van der Waals surface area (Å²) in [6, 6.07) is 9.41. The summed E-state index contributed by atoms with van der Waals surface area (Å²) in [5, 5.41) is 13.9. The predicted octanol–water partition coefficient (Wildman–Crippen LogP) is 2.72. The van der Waals surface area contributed by atoms with Gasteiger partial charge >= 0.3 is 0 Å². The molecule has 1 saturated heterocycles. The van der Waals surface area contributed by atoms with Crippen LogP contribution in [0.2, 0.25) is 0 Å². The minimum absolute atomic E-state index is 0.0581. The van der Waals surface area contributed by atoms with Gasteiger partial charge in [-0.1, -0.05) is 30.3 Å². The van der Waals surface area contributed by atoms with Crippen molar-refractivity contribution in [2.45, 2.75) is 71.3 Å². The largest absolute Gasteiger partial charge is 0.388 e. The van der Waals surface area contributed by atoms with E-state index in [-0.39, 0.29) is 29.4 Å². The molecule has 0 bridgehead atoms. The molecule has 5 heteroatoms. The van der Waals surface area contributed by atoms with E-state index in [1.807, 2.05) is 30.3 Å². The van der Waals surface area contributed by atoms with E-state index >= 15 is 0 Å². The average Bonchev–Trinajstić information content (AvgIpc) is 2.53. The summed E-state index contributed by atoms with van der Waals surface area (Å²) in [6.45, 7) is 14.0. The third-order valence-electron chi connectivity index (χ3n) is 4.74. The molecule has 25 heavy (non-hydrogen) atoms. The van der Waals surface area contributed by atoms with Gasteiger partial charge in [0.2, 0.25) is 0 Å². The van der Waals surface area contributed by atoms with E-state index in [2.05, 4.69) is 56.7 Å². The molecule has 0 aliphatic carbocycles. The maximum Gasteiger partial charge on any atom is 0.167 e. The first-order valence-corrected chi connectivity index (χ1v) is 9.02. The molecule has 1 fully saturated rings. The van der Waals surface area contributed by atoms with E-state index in [9.17, 15) is 9.90 Å². The zero-order valence-electron chi connectivity index (χ0n) is 16.4. The number of Topliss-reactive ketones (excluding diaryl/α,β-unsaturated/α-hetero) is 1. The first-order chi connectivity index (χ1) is 11.5. The van der Waals surface area contributed by atoms with Crippen molar-refractivity contribution >= 4 is 5.78 Å². The number of rotatable bonds is 4. The van der Waals surface area contributed by atoms with Gasteiger partial charge in [0.1, 0.15) is 6.17 Å². The van der Waals surface area contributed by atoms with Crippen molar-refractivity contribution in [1.29, 1.82) is 0 Å². The third kappa shape index (κ3) is 4.88. The molecular weight excluding hydrogens is 314 g/mol. The van der Waals surface area contributed by atoms with Gasteiger partial charge in [0.05, 0.1) is 19.4 Å². The van der Waals surface area contributed by atoms with E-state index < -0.39 is 6.10 Å². The highest BCUT2D eigenvalue weighted by Gasteiger charge is 2.43. The number of carbonyl (C=O) groups is 1. The smallest absolute Gasteiger partial charge is 0.167 e. The second kappa shape index (κ2) is 7.54. The average molecular weight is 348 g/mol. The Morgan fingerprint density at radius 1 is 1.08 bits per heavy atom. The number of benzene rings is 1. The van der Waals surface area contributed by atoms with Crippen molar-refractivity contribution in [3.8, 4) is 0 Å². The minimum atomic E-state index is -0.771. The third-order valence-corrected chi connectivity index (χ3v) is 4.74.